The van der Waals surface area contributed by atoms with Crippen LogP contribution in [0.25, 0.3) is 21.5 Å². The van der Waals surface area contributed by atoms with Crippen molar-refractivity contribution >= 4 is 45.7 Å². The second-order valence-corrected chi connectivity index (χ2v) is 25.8. The van der Waals surface area contributed by atoms with E-state index in [1.807, 2.05) is 0 Å². The normalized spacial score (nSPS) is 10.3. The number of benzene rings is 2. The van der Waals surface area contributed by atoms with Gasteiger partial charge >= 0.3 is 54.0 Å². The Morgan fingerprint density at radius 3 is 1.38 bits per heavy atom. The van der Waals surface area contributed by atoms with Crippen LogP contribution in [0.3, 0.4) is 0 Å². The van der Waals surface area contributed by atoms with E-state index in [2.05, 4.69) is 99.2 Å². The summed E-state index contributed by atoms with van der Waals surface area (Å²) in [6.45, 7) is 4.25. The third-order valence-corrected chi connectivity index (χ3v) is 20.0. The molecule has 4 aromatic rings. The molecular weight excluding hydrogens is 458 g/mol. The molecule has 0 saturated carbocycles. The first-order valence-electron chi connectivity index (χ1n) is 8.36. The first-order chi connectivity index (χ1) is 12.4. The molecule has 0 unspecified atom stereocenters. The average Bonchev–Trinajstić information content (AvgIpc) is 3.16. The van der Waals surface area contributed by atoms with Crippen LogP contribution in [0, 0.1) is 13.8 Å². The van der Waals surface area contributed by atoms with Gasteiger partial charge in [0, 0.05) is 0 Å². The Morgan fingerprint density at radius 1 is 0.731 bits per heavy atom. The minimum Gasteiger partial charge on any atom is -0.165 e. The van der Waals surface area contributed by atoms with Gasteiger partial charge in [-0.15, -0.1) is 81.2 Å². The van der Waals surface area contributed by atoms with E-state index in [9.17, 15) is 0 Å². The van der Waals surface area contributed by atoms with E-state index in [1.54, 1.807) is 0 Å². The molecule has 0 aliphatic carbocycles. The Kier molecular flexibility index (Phi) is 8.97. The van der Waals surface area contributed by atoms with Crippen molar-refractivity contribution in [2.75, 3.05) is 12.5 Å². The molecule has 0 bridgehead atoms. The average molecular weight is 483 g/mol. The van der Waals surface area contributed by atoms with E-state index < -0.39 is 17.3 Å². The number of hydrogen-bond acceptors (Lipinski definition) is 0. The maximum atomic E-state index is 5.59. The molecule has 4 rings (SSSR count). The summed E-state index contributed by atoms with van der Waals surface area (Å²) >= 11 is -1.73. The second-order valence-electron chi connectivity index (χ2n) is 6.37. The van der Waals surface area contributed by atoms with E-state index in [-0.39, 0.29) is 0 Å². The summed E-state index contributed by atoms with van der Waals surface area (Å²) in [6.07, 6.45) is 4.18. The van der Waals surface area contributed by atoms with Crippen LogP contribution >= 0.6 is 24.1 Å². The van der Waals surface area contributed by atoms with E-state index >= 15 is 0 Å². The molecule has 0 radical (unpaired) electrons. The predicted molar refractivity (Wildman–Crippen MR) is 120 cm³/mol. The number of rotatable bonds is 0. The zero-order valence-corrected chi connectivity index (χ0v) is 20.4. The summed E-state index contributed by atoms with van der Waals surface area (Å²) in [5, 5.41) is 5.39. The molecular formula is C22H24Cl2SZr-2. The largest absolute Gasteiger partial charge is 0.165 e. The van der Waals surface area contributed by atoms with Crippen molar-refractivity contribution in [3.05, 3.63) is 83.9 Å². The van der Waals surface area contributed by atoms with Gasteiger partial charge in [0.05, 0.1) is 0 Å². The molecule has 0 nitrogen and oxygen atoms in total. The van der Waals surface area contributed by atoms with Crippen molar-refractivity contribution in [2.24, 2.45) is 0 Å². The van der Waals surface area contributed by atoms with Crippen LogP contribution in [0.5, 0.6) is 0 Å². The van der Waals surface area contributed by atoms with Gasteiger partial charge in [-0.3, -0.25) is 0 Å². The van der Waals surface area contributed by atoms with Crippen molar-refractivity contribution in [3.8, 4) is 0 Å². The van der Waals surface area contributed by atoms with Crippen LogP contribution in [0.1, 0.15) is 11.1 Å². The Hall–Kier alpha value is -0.527. The summed E-state index contributed by atoms with van der Waals surface area (Å²) in [6, 6.07) is 25.7. The van der Waals surface area contributed by atoms with Gasteiger partial charge in [-0.2, -0.15) is 12.1 Å². The van der Waals surface area contributed by atoms with Crippen LogP contribution in [0.2, 0.25) is 0 Å². The third kappa shape index (κ3) is 6.89. The maximum absolute atomic E-state index is 5.59. The van der Waals surface area contributed by atoms with E-state index in [0.717, 1.165) is 0 Å². The van der Waals surface area contributed by atoms with Crippen molar-refractivity contribution in [2.45, 2.75) is 13.8 Å². The molecule has 0 fully saturated rings. The van der Waals surface area contributed by atoms with Crippen LogP contribution in [0.15, 0.2) is 72.8 Å². The Labute approximate surface area is 172 Å². The summed E-state index contributed by atoms with van der Waals surface area (Å²) in [7, 11) is 11.5. The molecule has 138 valence electrons. The second kappa shape index (κ2) is 10.7. The minimum absolute atomic E-state index is 0.360. The number of fused-ring (bicyclic) bond motifs is 2. The van der Waals surface area contributed by atoms with Gasteiger partial charge in [0.15, 0.2) is 0 Å². The molecule has 4 aromatic carbocycles. The fourth-order valence-corrected chi connectivity index (χ4v) is 2.61. The molecule has 0 spiro atoms. The SMILES string of the molecule is C[S](C)=[Zr]([Cl])[Cl].Cc1cc2ccccc2[cH-]1.Cc1cc2ccccc2[cH-]1. The Bertz CT molecular complexity index is 855. The van der Waals surface area contributed by atoms with Crippen LogP contribution in [-0.4, -0.2) is 12.5 Å². The molecule has 4 heteroatoms. The van der Waals surface area contributed by atoms with E-state index in [1.165, 1.54) is 32.7 Å². The Balaban J connectivity index is 0.000000146. The van der Waals surface area contributed by atoms with Gasteiger partial charge in [0.2, 0.25) is 0 Å². The number of halogens is 2. The monoisotopic (exact) mass is 480 g/mol. The van der Waals surface area contributed by atoms with Crippen molar-refractivity contribution < 1.29 is 17.3 Å². The summed E-state index contributed by atoms with van der Waals surface area (Å²) in [5.74, 6) is 0. The summed E-state index contributed by atoms with van der Waals surface area (Å²) in [4.78, 5) is 0. The van der Waals surface area contributed by atoms with E-state index in [4.69, 9.17) is 17.0 Å². The van der Waals surface area contributed by atoms with Crippen LogP contribution in [-0.2, 0) is 17.3 Å². The molecule has 0 saturated heterocycles. The standard InChI is InChI=1S/2C10H9.C2H6S.2ClH.Zr/c2*1-8-6-9-4-2-3-5-10(9)7-8;1-3-2;;;/h2*2-7H,1H3;1-2H3;2*1H;/q2*-1;;;;+2/p-2. The first-order valence-corrected chi connectivity index (χ1v) is 19.7. The summed E-state index contributed by atoms with van der Waals surface area (Å²) < 4.78 is 0. The topological polar surface area (TPSA) is 0 Å². The number of hydrogen-bond donors (Lipinski definition) is 0. The molecule has 0 N–H and O–H groups in total. The van der Waals surface area contributed by atoms with Crippen LogP contribution < -0.4 is 0 Å². The first kappa shape index (κ1) is 21.8. The van der Waals surface area contributed by atoms with Gasteiger partial charge in [-0.25, -0.2) is 0 Å². The fraction of sp³-hybridized carbons (Fsp3) is 0.182. The van der Waals surface area contributed by atoms with Gasteiger partial charge in [-0.1, -0.05) is 26.0 Å². The van der Waals surface area contributed by atoms with Gasteiger partial charge < -0.3 is 0 Å². The quantitative estimate of drug-likeness (QED) is 0.222. The fourth-order valence-electron chi connectivity index (χ4n) is 2.61. The molecule has 0 aliphatic rings. The molecule has 0 aromatic heterocycles. The molecule has 0 amide bonds. The zero-order valence-electron chi connectivity index (χ0n) is 15.6. The minimum atomic E-state index is -1.73. The number of aryl methyl sites for hydroxylation is 2. The summed E-state index contributed by atoms with van der Waals surface area (Å²) in [5.41, 5.74) is 2.70. The van der Waals surface area contributed by atoms with Crippen LogP contribution in [0.4, 0.5) is 0 Å². The molecule has 26 heavy (non-hydrogen) atoms. The van der Waals surface area contributed by atoms with Gasteiger partial charge in [-0.05, 0) is 0 Å². The van der Waals surface area contributed by atoms with Crippen molar-refractivity contribution in [3.63, 3.8) is 0 Å². The zero-order chi connectivity index (χ0) is 19.1. The smallest absolute Gasteiger partial charge is 0.0579 e. The van der Waals surface area contributed by atoms with Gasteiger partial charge in [0.25, 0.3) is 0 Å². The predicted octanol–water partition coefficient (Wildman–Crippen LogP) is 8.09. The van der Waals surface area contributed by atoms with Crippen molar-refractivity contribution in [1.29, 1.82) is 0 Å². The molecule has 0 heterocycles. The third-order valence-electron chi connectivity index (χ3n) is 3.83. The maximum Gasteiger partial charge on any atom is -0.0579 e. The van der Waals surface area contributed by atoms with Crippen molar-refractivity contribution in [1.82, 2.24) is 0 Å². The molecule has 0 aliphatic heterocycles. The van der Waals surface area contributed by atoms with E-state index in [0.29, 0.717) is 7.12 Å². The Morgan fingerprint density at radius 2 is 1.08 bits per heavy atom. The van der Waals surface area contributed by atoms with Gasteiger partial charge in [0.1, 0.15) is 0 Å². The molecule has 0 atom stereocenters.